The summed E-state index contributed by atoms with van der Waals surface area (Å²) in [7, 11) is 0. The fourth-order valence-electron chi connectivity index (χ4n) is 1.57. The Hall–Kier alpha value is -2.95. The van der Waals surface area contributed by atoms with Gasteiger partial charge in [0, 0.05) is 6.07 Å². The van der Waals surface area contributed by atoms with E-state index >= 15 is 0 Å². The zero-order valence-electron chi connectivity index (χ0n) is 10.2. The van der Waals surface area contributed by atoms with Gasteiger partial charge < -0.3 is 14.8 Å². The van der Waals surface area contributed by atoms with Crippen molar-refractivity contribution in [3.8, 4) is 6.07 Å². The number of carboxylic acids is 1. The SMILES string of the molecule is N#Cc1cc(C(F)(F)F)ccc1Nc1ccc(C(=O)O)o1. The summed E-state index contributed by atoms with van der Waals surface area (Å²) in [5.74, 6) is -1.61. The maximum atomic E-state index is 12.5. The molecule has 0 aliphatic heterocycles. The Kier molecular flexibility index (Phi) is 3.58. The summed E-state index contributed by atoms with van der Waals surface area (Å²) < 4.78 is 42.5. The largest absolute Gasteiger partial charge is 0.475 e. The summed E-state index contributed by atoms with van der Waals surface area (Å²) in [5, 5.41) is 20.1. The van der Waals surface area contributed by atoms with Crippen molar-refractivity contribution in [3.05, 3.63) is 47.2 Å². The Morgan fingerprint density at radius 2 is 2.00 bits per heavy atom. The molecule has 2 aromatic rings. The number of carboxylic acid groups (broad SMARTS) is 1. The molecule has 5 nitrogen and oxygen atoms in total. The predicted molar refractivity (Wildman–Crippen MR) is 65.1 cm³/mol. The molecule has 1 aromatic carbocycles. The zero-order chi connectivity index (χ0) is 15.6. The van der Waals surface area contributed by atoms with E-state index in [1.807, 2.05) is 0 Å². The molecule has 108 valence electrons. The van der Waals surface area contributed by atoms with E-state index in [0.29, 0.717) is 6.07 Å². The van der Waals surface area contributed by atoms with Crippen LogP contribution in [0.25, 0.3) is 0 Å². The van der Waals surface area contributed by atoms with Crippen LogP contribution in [0.2, 0.25) is 0 Å². The number of benzene rings is 1. The van der Waals surface area contributed by atoms with E-state index in [-0.39, 0.29) is 22.9 Å². The summed E-state index contributed by atoms with van der Waals surface area (Å²) in [6.07, 6.45) is -4.55. The number of nitrogens with zero attached hydrogens (tertiary/aromatic N) is 1. The summed E-state index contributed by atoms with van der Waals surface area (Å²) in [6, 6.07) is 6.69. The lowest BCUT2D eigenvalue weighted by Crippen LogP contribution is -2.06. The van der Waals surface area contributed by atoms with Gasteiger partial charge in [-0.15, -0.1) is 0 Å². The third-order valence-electron chi connectivity index (χ3n) is 2.54. The van der Waals surface area contributed by atoms with Crippen LogP contribution in [-0.4, -0.2) is 11.1 Å². The molecule has 0 radical (unpaired) electrons. The molecule has 0 spiro atoms. The quantitative estimate of drug-likeness (QED) is 0.903. The van der Waals surface area contributed by atoms with Crippen LogP contribution >= 0.6 is 0 Å². The van der Waals surface area contributed by atoms with E-state index in [4.69, 9.17) is 14.8 Å². The number of anilines is 2. The van der Waals surface area contributed by atoms with Crippen molar-refractivity contribution in [3.63, 3.8) is 0 Å². The summed E-state index contributed by atoms with van der Waals surface area (Å²) in [5.41, 5.74) is -1.11. The molecule has 0 atom stereocenters. The third-order valence-corrected chi connectivity index (χ3v) is 2.54. The standard InChI is InChI=1S/C13H7F3N2O3/c14-13(15,16)8-1-2-9(7(5-8)6-17)18-11-4-3-10(21-11)12(19)20/h1-5,18H,(H,19,20). The molecule has 0 bridgehead atoms. The van der Waals surface area contributed by atoms with Crippen LogP contribution in [0, 0.1) is 11.3 Å². The van der Waals surface area contributed by atoms with Crippen molar-refractivity contribution in [1.29, 1.82) is 5.26 Å². The topological polar surface area (TPSA) is 86.3 Å². The van der Waals surface area contributed by atoms with Crippen molar-refractivity contribution < 1.29 is 27.5 Å². The molecule has 1 aromatic heterocycles. The average Bonchev–Trinajstić information content (AvgIpc) is 2.86. The normalized spacial score (nSPS) is 11.0. The number of alkyl halides is 3. The smallest absolute Gasteiger partial charge is 0.416 e. The Morgan fingerprint density at radius 3 is 2.52 bits per heavy atom. The van der Waals surface area contributed by atoms with Gasteiger partial charge >= 0.3 is 12.1 Å². The minimum absolute atomic E-state index is 0.00339. The van der Waals surface area contributed by atoms with Crippen LogP contribution in [0.1, 0.15) is 21.7 Å². The van der Waals surface area contributed by atoms with Gasteiger partial charge in [-0.1, -0.05) is 0 Å². The number of furan rings is 1. The van der Waals surface area contributed by atoms with Gasteiger partial charge in [-0.3, -0.25) is 0 Å². The van der Waals surface area contributed by atoms with E-state index in [9.17, 15) is 18.0 Å². The molecule has 0 fully saturated rings. The van der Waals surface area contributed by atoms with Crippen molar-refractivity contribution in [1.82, 2.24) is 0 Å². The van der Waals surface area contributed by atoms with E-state index in [0.717, 1.165) is 12.1 Å². The lowest BCUT2D eigenvalue weighted by molar-refractivity contribution is -0.137. The van der Waals surface area contributed by atoms with Crippen LogP contribution in [0.4, 0.5) is 24.7 Å². The van der Waals surface area contributed by atoms with Gasteiger partial charge in [0.15, 0.2) is 5.88 Å². The highest BCUT2D eigenvalue weighted by molar-refractivity contribution is 5.85. The molecular formula is C13H7F3N2O3. The molecule has 0 saturated heterocycles. The molecule has 2 N–H and O–H groups in total. The number of nitriles is 1. The first-order chi connectivity index (χ1) is 9.81. The molecule has 21 heavy (non-hydrogen) atoms. The second kappa shape index (κ2) is 5.20. The van der Waals surface area contributed by atoms with Gasteiger partial charge in [0.05, 0.1) is 16.8 Å². The van der Waals surface area contributed by atoms with Gasteiger partial charge in [-0.05, 0) is 24.3 Å². The predicted octanol–water partition coefficient (Wildman–Crippen LogP) is 3.61. The molecule has 0 unspecified atom stereocenters. The molecule has 0 aliphatic rings. The van der Waals surface area contributed by atoms with Crippen LogP contribution in [0.3, 0.4) is 0 Å². The fourth-order valence-corrected chi connectivity index (χ4v) is 1.57. The lowest BCUT2D eigenvalue weighted by atomic mass is 10.1. The summed E-state index contributed by atoms with van der Waals surface area (Å²) in [4.78, 5) is 10.6. The molecule has 0 aliphatic carbocycles. The van der Waals surface area contributed by atoms with E-state index in [1.54, 1.807) is 6.07 Å². The van der Waals surface area contributed by atoms with Gasteiger partial charge in [-0.25, -0.2) is 4.79 Å². The Morgan fingerprint density at radius 1 is 1.29 bits per heavy atom. The van der Waals surface area contributed by atoms with Crippen molar-refractivity contribution in [2.45, 2.75) is 6.18 Å². The van der Waals surface area contributed by atoms with Crippen molar-refractivity contribution in [2.75, 3.05) is 5.32 Å². The monoisotopic (exact) mass is 296 g/mol. The summed E-state index contributed by atoms with van der Waals surface area (Å²) in [6.45, 7) is 0. The van der Waals surface area contributed by atoms with Crippen LogP contribution in [0.5, 0.6) is 0 Å². The Labute approximate surface area is 116 Å². The van der Waals surface area contributed by atoms with E-state index in [2.05, 4.69) is 5.32 Å². The minimum atomic E-state index is -4.55. The highest BCUT2D eigenvalue weighted by atomic mass is 19.4. The maximum Gasteiger partial charge on any atom is 0.416 e. The lowest BCUT2D eigenvalue weighted by Gasteiger charge is -2.10. The van der Waals surface area contributed by atoms with Crippen molar-refractivity contribution >= 4 is 17.5 Å². The number of aromatic carboxylic acids is 1. The number of hydrogen-bond donors (Lipinski definition) is 2. The molecule has 2 rings (SSSR count). The first-order valence-electron chi connectivity index (χ1n) is 5.53. The van der Waals surface area contributed by atoms with E-state index < -0.39 is 17.7 Å². The first kappa shape index (κ1) is 14.5. The molecule has 1 heterocycles. The third kappa shape index (κ3) is 3.14. The van der Waals surface area contributed by atoms with Crippen LogP contribution in [-0.2, 0) is 6.18 Å². The number of nitrogens with one attached hydrogen (secondary N) is 1. The van der Waals surface area contributed by atoms with Gasteiger partial charge in [0.25, 0.3) is 0 Å². The second-order valence-electron chi connectivity index (χ2n) is 3.96. The number of hydrogen-bond acceptors (Lipinski definition) is 4. The average molecular weight is 296 g/mol. The minimum Gasteiger partial charge on any atom is -0.475 e. The maximum absolute atomic E-state index is 12.5. The van der Waals surface area contributed by atoms with Gasteiger partial charge in [0.1, 0.15) is 6.07 Å². The second-order valence-corrected chi connectivity index (χ2v) is 3.96. The molecule has 0 amide bonds. The Bertz CT molecular complexity index is 729. The number of rotatable bonds is 3. The van der Waals surface area contributed by atoms with E-state index in [1.165, 1.54) is 12.1 Å². The fraction of sp³-hybridized carbons (Fsp3) is 0.0769. The molecule has 8 heteroatoms. The first-order valence-corrected chi connectivity index (χ1v) is 5.53. The van der Waals surface area contributed by atoms with Crippen LogP contribution < -0.4 is 5.32 Å². The number of carbonyl (C=O) groups is 1. The van der Waals surface area contributed by atoms with Crippen molar-refractivity contribution in [2.24, 2.45) is 0 Å². The highest BCUT2D eigenvalue weighted by Gasteiger charge is 2.31. The highest BCUT2D eigenvalue weighted by Crippen LogP contribution is 2.32. The molecule has 0 saturated carbocycles. The molecular weight excluding hydrogens is 289 g/mol. The zero-order valence-corrected chi connectivity index (χ0v) is 10.2. The van der Waals surface area contributed by atoms with Crippen LogP contribution in [0.15, 0.2) is 34.7 Å². The Balaban J connectivity index is 2.32. The summed E-state index contributed by atoms with van der Waals surface area (Å²) >= 11 is 0. The van der Waals surface area contributed by atoms with Gasteiger partial charge in [-0.2, -0.15) is 18.4 Å². The number of halogens is 3. The van der Waals surface area contributed by atoms with Gasteiger partial charge in [0.2, 0.25) is 5.76 Å².